The standard InChI is InChI=1S/C23H44N2.ClH/c1-4-5-6-7-8-9-10-11-12-13-14-15-16-17-18-19-20-23-21-25(3)22(2)24-23;/h21H,4-20H2,1-3H3;1H. The van der Waals surface area contributed by atoms with Crippen LogP contribution in [0.2, 0.25) is 0 Å². The number of hydrogen-bond acceptors (Lipinski definition) is 0. The molecule has 0 spiro atoms. The van der Waals surface area contributed by atoms with Crippen LogP contribution in [0.1, 0.15) is 121 Å². The van der Waals surface area contributed by atoms with Crippen molar-refractivity contribution in [1.82, 2.24) is 4.98 Å². The molecule has 0 unspecified atom stereocenters. The molecule has 1 aromatic rings. The van der Waals surface area contributed by atoms with Crippen molar-refractivity contribution in [3.8, 4) is 0 Å². The number of imidazole rings is 1. The summed E-state index contributed by atoms with van der Waals surface area (Å²) in [6.07, 6.45) is 26.5. The second-order valence-electron chi connectivity index (χ2n) is 8.03. The Morgan fingerprint density at radius 3 is 1.42 bits per heavy atom. The molecule has 0 bridgehead atoms. The molecule has 154 valence electrons. The lowest BCUT2D eigenvalue weighted by Crippen LogP contribution is -3.00. The minimum Gasteiger partial charge on any atom is -1.00 e. The van der Waals surface area contributed by atoms with E-state index >= 15 is 0 Å². The Balaban J connectivity index is 0.00000625. The average Bonchev–Trinajstić information content (AvgIpc) is 2.92. The molecular formula is C23H45ClN2. The van der Waals surface area contributed by atoms with Gasteiger partial charge in [-0.1, -0.05) is 103 Å². The van der Waals surface area contributed by atoms with Crippen molar-refractivity contribution >= 4 is 0 Å². The summed E-state index contributed by atoms with van der Waals surface area (Å²) in [5.74, 6) is 1.26. The number of aromatic amines is 1. The molecule has 1 rings (SSSR count). The van der Waals surface area contributed by atoms with Crippen molar-refractivity contribution in [3.63, 3.8) is 0 Å². The minimum atomic E-state index is 0. The summed E-state index contributed by atoms with van der Waals surface area (Å²) < 4.78 is 2.18. The van der Waals surface area contributed by atoms with Gasteiger partial charge in [0.1, 0.15) is 11.9 Å². The van der Waals surface area contributed by atoms with Gasteiger partial charge in [0, 0.05) is 13.3 Å². The van der Waals surface area contributed by atoms with Gasteiger partial charge in [-0.2, -0.15) is 0 Å². The maximum atomic E-state index is 3.46. The molecule has 0 saturated heterocycles. The number of halogens is 1. The Bertz CT molecular complexity index is 395. The normalized spacial score (nSPS) is 10.9. The second-order valence-corrected chi connectivity index (χ2v) is 8.03. The molecule has 2 nitrogen and oxygen atoms in total. The zero-order valence-corrected chi connectivity index (χ0v) is 18.7. The number of aromatic nitrogens is 2. The summed E-state index contributed by atoms with van der Waals surface area (Å²) in [5, 5.41) is 0. The maximum absolute atomic E-state index is 3.46. The lowest BCUT2D eigenvalue weighted by molar-refractivity contribution is -0.676. The lowest BCUT2D eigenvalue weighted by atomic mass is 10.0. The largest absolute Gasteiger partial charge is 1.00 e. The topological polar surface area (TPSA) is 19.7 Å². The number of H-pyrrole nitrogens is 1. The Labute approximate surface area is 170 Å². The van der Waals surface area contributed by atoms with Gasteiger partial charge >= 0.3 is 0 Å². The number of hydrogen-bond donors (Lipinski definition) is 1. The highest BCUT2D eigenvalue weighted by atomic mass is 35.5. The Kier molecular flexibility index (Phi) is 17.5. The molecule has 0 amide bonds. The van der Waals surface area contributed by atoms with Gasteiger partial charge in [-0.3, -0.25) is 0 Å². The van der Waals surface area contributed by atoms with Crippen LogP contribution in [0.5, 0.6) is 0 Å². The van der Waals surface area contributed by atoms with Crippen LogP contribution in [0.4, 0.5) is 0 Å². The van der Waals surface area contributed by atoms with Crippen molar-refractivity contribution in [1.29, 1.82) is 0 Å². The number of aryl methyl sites for hydroxylation is 3. The van der Waals surface area contributed by atoms with Crippen molar-refractivity contribution in [2.24, 2.45) is 7.05 Å². The van der Waals surface area contributed by atoms with Gasteiger partial charge in [0.15, 0.2) is 0 Å². The van der Waals surface area contributed by atoms with Crippen molar-refractivity contribution < 1.29 is 17.0 Å². The van der Waals surface area contributed by atoms with E-state index in [2.05, 4.69) is 36.6 Å². The van der Waals surface area contributed by atoms with Crippen LogP contribution in [0.15, 0.2) is 6.20 Å². The monoisotopic (exact) mass is 384 g/mol. The third-order valence-corrected chi connectivity index (χ3v) is 5.52. The number of nitrogens with zero attached hydrogens (tertiary/aromatic N) is 1. The van der Waals surface area contributed by atoms with Gasteiger partial charge in [-0.15, -0.1) is 0 Å². The molecular weight excluding hydrogens is 340 g/mol. The molecule has 0 radical (unpaired) electrons. The zero-order valence-electron chi connectivity index (χ0n) is 17.9. The summed E-state index contributed by atoms with van der Waals surface area (Å²) in [4.78, 5) is 3.46. The third kappa shape index (κ3) is 13.7. The fourth-order valence-corrected chi connectivity index (χ4v) is 3.67. The molecule has 1 N–H and O–H groups in total. The molecule has 0 aromatic carbocycles. The van der Waals surface area contributed by atoms with Crippen LogP contribution < -0.4 is 17.0 Å². The first kappa shape index (κ1) is 25.5. The van der Waals surface area contributed by atoms with Gasteiger partial charge in [0.25, 0.3) is 5.82 Å². The highest BCUT2D eigenvalue weighted by Crippen LogP contribution is 2.14. The molecule has 0 aliphatic rings. The summed E-state index contributed by atoms with van der Waals surface area (Å²) in [5.41, 5.74) is 1.39. The Morgan fingerprint density at radius 2 is 1.08 bits per heavy atom. The van der Waals surface area contributed by atoms with Crippen LogP contribution in [0.3, 0.4) is 0 Å². The van der Waals surface area contributed by atoms with Gasteiger partial charge in [0.05, 0.1) is 7.05 Å². The fraction of sp³-hybridized carbons (Fsp3) is 0.870. The minimum absolute atomic E-state index is 0. The van der Waals surface area contributed by atoms with E-state index < -0.39 is 0 Å². The van der Waals surface area contributed by atoms with Crippen molar-refractivity contribution in [3.05, 3.63) is 17.7 Å². The molecule has 0 aliphatic heterocycles. The van der Waals surface area contributed by atoms with Gasteiger partial charge in [-0.25, -0.2) is 9.55 Å². The SMILES string of the molecule is CCCCCCCCCCCCCCCCCCc1c[n+](C)c(C)[nH]1.[Cl-]. The van der Waals surface area contributed by atoms with E-state index in [4.69, 9.17) is 0 Å². The average molecular weight is 385 g/mol. The first-order valence-corrected chi connectivity index (χ1v) is 11.3. The fourth-order valence-electron chi connectivity index (χ4n) is 3.67. The first-order valence-electron chi connectivity index (χ1n) is 11.3. The molecule has 1 heterocycles. The smallest absolute Gasteiger partial charge is 0.251 e. The van der Waals surface area contributed by atoms with Crippen LogP contribution in [0.25, 0.3) is 0 Å². The molecule has 1 aromatic heterocycles. The lowest BCUT2D eigenvalue weighted by Gasteiger charge is -2.03. The Hall–Kier alpha value is -0.500. The van der Waals surface area contributed by atoms with E-state index in [0.717, 1.165) is 0 Å². The number of rotatable bonds is 17. The van der Waals surface area contributed by atoms with Crippen LogP contribution in [0, 0.1) is 6.92 Å². The van der Waals surface area contributed by atoms with E-state index in [1.807, 2.05) is 0 Å². The molecule has 0 fully saturated rings. The van der Waals surface area contributed by atoms with Crippen LogP contribution in [-0.4, -0.2) is 4.98 Å². The summed E-state index contributed by atoms with van der Waals surface area (Å²) >= 11 is 0. The quantitative estimate of drug-likeness (QED) is 0.310. The third-order valence-electron chi connectivity index (χ3n) is 5.52. The van der Waals surface area contributed by atoms with Crippen molar-refractivity contribution in [2.45, 2.75) is 123 Å². The van der Waals surface area contributed by atoms with E-state index in [-0.39, 0.29) is 12.4 Å². The number of unbranched alkanes of at least 4 members (excludes halogenated alkanes) is 15. The summed E-state index contributed by atoms with van der Waals surface area (Å²) in [6.45, 7) is 4.43. The highest BCUT2D eigenvalue weighted by molar-refractivity contribution is 4.93. The summed E-state index contributed by atoms with van der Waals surface area (Å²) in [6, 6.07) is 0. The molecule has 3 heteroatoms. The Morgan fingerprint density at radius 1 is 0.692 bits per heavy atom. The van der Waals surface area contributed by atoms with Gasteiger partial charge < -0.3 is 12.4 Å². The summed E-state index contributed by atoms with van der Waals surface area (Å²) in [7, 11) is 2.11. The molecule has 0 atom stereocenters. The maximum Gasteiger partial charge on any atom is 0.251 e. The predicted octanol–water partition coefficient (Wildman–Crippen LogP) is 3.96. The molecule has 0 saturated carbocycles. The van der Waals surface area contributed by atoms with Crippen molar-refractivity contribution in [2.75, 3.05) is 0 Å². The van der Waals surface area contributed by atoms with E-state index in [1.54, 1.807) is 0 Å². The predicted molar refractivity (Wildman–Crippen MR) is 110 cm³/mol. The highest BCUT2D eigenvalue weighted by Gasteiger charge is 2.06. The van der Waals surface area contributed by atoms with Gasteiger partial charge in [-0.05, 0) is 6.42 Å². The van der Waals surface area contributed by atoms with Gasteiger partial charge in [0.2, 0.25) is 0 Å². The zero-order chi connectivity index (χ0) is 18.2. The van der Waals surface area contributed by atoms with Crippen LogP contribution >= 0.6 is 0 Å². The van der Waals surface area contributed by atoms with E-state index in [1.165, 1.54) is 121 Å². The first-order chi connectivity index (χ1) is 12.2. The van der Waals surface area contributed by atoms with Crippen LogP contribution in [-0.2, 0) is 13.5 Å². The molecule has 0 aliphatic carbocycles. The molecule has 26 heavy (non-hydrogen) atoms. The van der Waals surface area contributed by atoms with E-state index in [9.17, 15) is 0 Å². The second kappa shape index (κ2) is 17.9. The number of nitrogens with one attached hydrogen (secondary N) is 1. The van der Waals surface area contributed by atoms with E-state index in [0.29, 0.717) is 0 Å².